The van der Waals surface area contributed by atoms with Gasteiger partial charge in [0.15, 0.2) is 11.5 Å². The van der Waals surface area contributed by atoms with E-state index in [0.29, 0.717) is 16.4 Å². The van der Waals surface area contributed by atoms with E-state index >= 15 is 0 Å². The zero-order valence-corrected chi connectivity index (χ0v) is 15.7. The number of hydrogen-bond donors (Lipinski definition) is 0. The Labute approximate surface area is 156 Å². The molecule has 0 unspecified atom stereocenters. The number of aliphatic imine (C=N–C) groups is 1. The van der Waals surface area contributed by atoms with E-state index in [2.05, 4.69) is 10.1 Å². The summed E-state index contributed by atoms with van der Waals surface area (Å²) in [4.78, 5) is 28.3. The lowest BCUT2D eigenvalue weighted by Gasteiger charge is -2.10. The number of hydrogen-bond acceptors (Lipinski definition) is 4. The first-order chi connectivity index (χ1) is 12.3. The molecule has 2 aromatic rings. The predicted molar refractivity (Wildman–Crippen MR) is 99.7 cm³/mol. The molecule has 1 aliphatic heterocycles. The number of ether oxygens (including phenoxy) is 1. The highest BCUT2D eigenvalue weighted by Crippen LogP contribution is 2.28. The van der Waals surface area contributed by atoms with E-state index < -0.39 is 11.9 Å². The third-order valence-electron chi connectivity index (χ3n) is 3.93. The van der Waals surface area contributed by atoms with Gasteiger partial charge in [0.2, 0.25) is 0 Å². The molecule has 0 saturated carbocycles. The van der Waals surface area contributed by atoms with Crippen molar-refractivity contribution in [3.63, 3.8) is 0 Å². The molecule has 1 amide bonds. The number of carbonyl (C=O) groups excluding carboxylic acids is 2. The molecule has 0 aliphatic carbocycles. The quantitative estimate of drug-likeness (QED) is 0.764. The number of amides is 1. The fourth-order valence-electron chi connectivity index (χ4n) is 2.51. The standard InChI is InChI=1S/C19H18ClN3O3/c1-10(2)19(25)26-17-12(4)21-18(24)16(17)23-11(3)9-15(22-23)13-5-7-14(20)8-6-13/h5-10H,1-4H3. The number of benzene rings is 1. The average molecular weight is 372 g/mol. The van der Waals surface area contributed by atoms with Crippen LogP contribution < -0.4 is 0 Å². The van der Waals surface area contributed by atoms with E-state index in [1.54, 1.807) is 32.9 Å². The maximum atomic E-state index is 12.4. The van der Waals surface area contributed by atoms with Gasteiger partial charge in [-0.05, 0) is 32.0 Å². The minimum Gasteiger partial charge on any atom is -0.422 e. The van der Waals surface area contributed by atoms with Crippen molar-refractivity contribution in [2.24, 2.45) is 10.9 Å². The van der Waals surface area contributed by atoms with E-state index in [0.717, 1.165) is 11.3 Å². The first-order valence-corrected chi connectivity index (χ1v) is 8.54. The molecule has 2 heterocycles. The summed E-state index contributed by atoms with van der Waals surface area (Å²) in [6.07, 6.45) is 0. The van der Waals surface area contributed by atoms with Gasteiger partial charge in [0.25, 0.3) is 5.91 Å². The van der Waals surface area contributed by atoms with E-state index in [1.807, 2.05) is 25.1 Å². The van der Waals surface area contributed by atoms with Crippen LogP contribution in [0.2, 0.25) is 5.02 Å². The summed E-state index contributed by atoms with van der Waals surface area (Å²) in [5.41, 5.74) is 2.77. The van der Waals surface area contributed by atoms with Crippen LogP contribution in [0.1, 0.15) is 26.5 Å². The molecular weight excluding hydrogens is 354 g/mol. The number of aryl methyl sites for hydroxylation is 1. The van der Waals surface area contributed by atoms with Crippen molar-refractivity contribution >= 4 is 34.9 Å². The van der Waals surface area contributed by atoms with Crippen molar-refractivity contribution < 1.29 is 14.3 Å². The van der Waals surface area contributed by atoms with Crippen molar-refractivity contribution in [1.82, 2.24) is 9.78 Å². The molecule has 7 heteroatoms. The van der Waals surface area contributed by atoms with E-state index in [4.69, 9.17) is 16.3 Å². The molecule has 0 radical (unpaired) electrons. The van der Waals surface area contributed by atoms with Crippen LogP contribution in [0.4, 0.5) is 0 Å². The van der Waals surface area contributed by atoms with Crippen LogP contribution in [-0.4, -0.2) is 27.4 Å². The van der Waals surface area contributed by atoms with Crippen LogP contribution in [0.5, 0.6) is 0 Å². The SMILES string of the molecule is CC1=NC(=O)C(n2nc(-c3ccc(Cl)cc3)cc2C)=C1OC(=O)C(C)C. The summed E-state index contributed by atoms with van der Waals surface area (Å²) in [6.45, 7) is 6.91. The second-order valence-electron chi connectivity index (χ2n) is 6.35. The maximum absolute atomic E-state index is 12.4. The number of carbonyl (C=O) groups is 2. The number of aromatic nitrogens is 2. The highest BCUT2D eigenvalue weighted by Gasteiger charge is 2.31. The lowest BCUT2D eigenvalue weighted by Crippen LogP contribution is -2.17. The summed E-state index contributed by atoms with van der Waals surface area (Å²) in [5.74, 6) is -1.08. The second kappa shape index (κ2) is 6.88. The van der Waals surface area contributed by atoms with Crippen LogP contribution in [0.25, 0.3) is 17.0 Å². The van der Waals surface area contributed by atoms with Crippen molar-refractivity contribution in [3.05, 3.63) is 46.8 Å². The zero-order valence-electron chi connectivity index (χ0n) is 14.9. The molecule has 1 aliphatic rings. The summed E-state index contributed by atoms with van der Waals surface area (Å²) in [6, 6.07) is 9.09. The molecule has 1 aromatic carbocycles. The van der Waals surface area contributed by atoms with Gasteiger partial charge in [-0.1, -0.05) is 37.6 Å². The maximum Gasteiger partial charge on any atom is 0.313 e. The number of halogens is 1. The van der Waals surface area contributed by atoms with Gasteiger partial charge in [0, 0.05) is 16.3 Å². The number of nitrogens with zero attached hydrogens (tertiary/aromatic N) is 3. The van der Waals surface area contributed by atoms with Crippen molar-refractivity contribution in [1.29, 1.82) is 0 Å². The van der Waals surface area contributed by atoms with Crippen LogP contribution in [-0.2, 0) is 14.3 Å². The molecule has 0 atom stereocenters. The lowest BCUT2D eigenvalue weighted by molar-refractivity contribution is -0.142. The Morgan fingerprint density at radius 1 is 1.19 bits per heavy atom. The average Bonchev–Trinajstić information content (AvgIpc) is 3.08. The molecule has 0 N–H and O–H groups in total. The molecule has 26 heavy (non-hydrogen) atoms. The number of rotatable bonds is 4. The van der Waals surface area contributed by atoms with E-state index in [1.165, 1.54) is 4.68 Å². The third kappa shape index (κ3) is 3.32. The molecule has 3 rings (SSSR count). The molecular formula is C19H18ClN3O3. The zero-order chi connectivity index (χ0) is 19.0. The normalized spacial score (nSPS) is 14.2. The molecule has 134 valence electrons. The Morgan fingerprint density at radius 2 is 1.85 bits per heavy atom. The Hall–Kier alpha value is -2.73. The second-order valence-corrected chi connectivity index (χ2v) is 6.78. The van der Waals surface area contributed by atoms with Gasteiger partial charge < -0.3 is 4.74 Å². The first kappa shape index (κ1) is 18.1. The van der Waals surface area contributed by atoms with Gasteiger partial charge in [-0.25, -0.2) is 9.67 Å². The Bertz CT molecular complexity index is 953. The Balaban J connectivity index is 2.06. The minimum absolute atomic E-state index is 0.147. The van der Waals surface area contributed by atoms with Crippen molar-refractivity contribution in [3.8, 4) is 11.3 Å². The third-order valence-corrected chi connectivity index (χ3v) is 4.18. The fourth-order valence-corrected chi connectivity index (χ4v) is 2.64. The highest BCUT2D eigenvalue weighted by molar-refractivity contribution is 6.31. The van der Waals surface area contributed by atoms with Gasteiger partial charge in [-0.2, -0.15) is 5.10 Å². The summed E-state index contributed by atoms with van der Waals surface area (Å²) >= 11 is 5.93. The summed E-state index contributed by atoms with van der Waals surface area (Å²) in [5, 5.41) is 5.14. The highest BCUT2D eigenvalue weighted by atomic mass is 35.5. The summed E-state index contributed by atoms with van der Waals surface area (Å²) in [7, 11) is 0. The van der Waals surface area contributed by atoms with Crippen LogP contribution in [0, 0.1) is 12.8 Å². The molecule has 0 spiro atoms. The van der Waals surface area contributed by atoms with Crippen molar-refractivity contribution in [2.45, 2.75) is 27.7 Å². The Morgan fingerprint density at radius 3 is 2.46 bits per heavy atom. The number of esters is 1. The molecule has 0 bridgehead atoms. The number of allylic oxidation sites excluding steroid dienone is 1. The molecule has 0 fully saturated rings. The van der Waals surface area contributed by atoms with Crippen LogP contribution >= 0.6 is 11.6 Å². The monoisotopic (exact) mass is 371 g/mol. The summed E-state index contributed by atoms with van der Waals surface area (Å²) < 4.78 is 6.89. The van der Waals surface area contributed by atoms with Gasteiger partial charge in [0.1, 0.15) is 0 Å². The van der Waals surface area contributed by atoms with Gasteiger partial charge in [-0.3, -0.25) is 9.59 Å². The molecule has 6 nitrogen and oxygen atoms in total. The lowest BCUT2D eigenvalue weighted by atomic mass is 10.1. The fraction of sp³-hybridized carbons (Fsp3) is 0.263. The van der Waals surface area contributed by atoms with E-state index in [9.17, 15) is 9.59 Å². The Kier molecular flexibility index (Phi) is 4.78. The largest absolute Gasteiger partial charge is 0.422 e. The van der Waals surface area contributed by atoms with E-state index in [-0.39, 0.29) is 17.4 Å². The van der Waals surface area contributed by atoms with Gasteiger partial charge in [0.05, 0.1) is 17.3 Å². The first-order valence-electron chi connectivity index (χ1n) is 8.17. The van der Waals surface area contributed by atoms with Gasteiger partial charge in [-0.15, -0.1) is 0 Å². The van der Waals surface area contributed by atoms with Crippen molar-refractivity contribution in [2.75, 3.05) is 0 Å². The topological polar surface area (TPSA) is 73.6 Å². The minimum atomic E-state index is -0.483. The molecule has 0 saturated heterocycles. The molecule has 1 aromatic heterocycles. The van der Waals surface area contributed by atoms with Crippen LogP contribution in [0.15, 0.2) is 41.1 Å². The van der Waals surface area contributed by atoms with Crippen LogP contribution in [0.3, 0.4) is 0 Å². The smallest absolute Gasteiger partial charge is 0.313 e. The van der Waals surface area contributed by atoms with Gasteiger partial charge >= 0.3 is 5.97 Å². The predicted octanol–water partition coefficient (Wildman–Crippen LogP) is 3.88.